The van der Waals surface area contributed by atoms with Crippen molar-refractivity contribution < 1.29 is 19.1 Å². The first-order valence-corrected chi connectivity index (χ1v) is 11.9. The Morgan fingerprint density at radius 1 is 1.03 bits per heavy atom. The number of carbonyl (C=O) groups excluding carboxylic acids is 2. The first-order chi connectivity index (χ1) is 16.9. The number of nitrogens with zero attached hydrogens (tertiary/aromatic N) is 1. The highest BCUT2D eigenvalue weighted by Gasteiger charge is 2.24. The van der Waals surface area contributed by atoms with Crippen LogP contribution in [0.25, 0.3) is 0 Å². The number of methoxy groups -OCH3 is 1. The van der Waals surface area contributed by atoms with Crippen molar-refractivity contribution in [1.82, 2.24) is 10.7 Å². The summed E-state index contributed by atoms with van der Waals surface area (Å²) in [5.41, 5.74) is 4.73. The second-order valence-electron chi connectivity index (χ2n) is 8.10. The molecule has 1 unspecified atom stereocenters. The fraction of sp³-hybridized carbons (Fsp3) is 0.222. The van der Waals surface area contributed by atoms with E-state index in [9.17, 15) is 9.59 Å². The molecule has 3 aromatic carbocycles. The molecule has 0 spiro atoms. The zero-order chi connectivity index (χ0) is 25.2. The van der Waals surface area contributed by atoms with Crippen molar-refractivity contribution >= 4 is 34.0 Å². The van der Waals surface area contributed by atoms with Crippen molar-refractivity contribution in [2.45, 2.75) is 26.5 Å². The number of hydrazone groups is 1. The van der Waals surface area contributed by atoms with E-state index in [4.69, 9.17) is 9.47 Å². The van der Waals surface area contributed by atoms with Crippen LogP contribution < -0.4 is 20.2 Å². The van der Waals surface area contributed by atoms with Crippen LogP contribution in [0.3, 0.4) is 0 Å². The molecule has 0 aliphatic carbocycles. The van der Waals surface area contributed by atoms with Gasteiger partial charge in [0.15, 0.2) is 11.5 Å². The Balaban J connectivity index is 1.65. The van der Waals surface area contributed by atoms with E-state index < -0.39 is 11.9 Å². The SMILES string of the molecule is COc1cc(C=NNC(=O)C(NC(=O)c2ccccc2)C(C)C)cc(Br)c1OCc1ccccc1. The molecule has 7 nitrogen and oxygen atoms in total. The largest absolute Gasteiger partial charge is 0.493 e. The normalized spacial score (nSPS) is 11.8. The molecule has 0 radical (unpaired) electrons. The van der Waals surface area contributed by atoms with Crippen LogP contribution in [0, 0.1) is 5.92 Å². The molecule has 0 fully saturated rings. The fourth-order valence-electron chi connectivity index (χ4n) is 3.27. The zero-order valence-electron chi connectivity index (χ0n) is 19.8. The third kappa shape index (κ3) is 7.42. The van der Waals surface area contributed by atoms with E-state index in [0.717, 1.165) is 5.56 Å². The van der Waals surface area contributed by atoms with Crippen molar-refractivity contribution in [2.75, 3.05) is 7.11 Å². The number of nitrogens with one attached hydrogen (secondary N) is 2. The van der Waals surface area contributed by atoms with Gasteiger partial charge in [-0.1, -0.05) is 62.4 Å². The highest BCUT2D eigenvalue weighted by molar-refractivity contribution is 9.10. The maximum atomic E-state index is 12.7. The lowest BCUT2D eigenvalue weighted by Crippen LogP contribution is -2.48. The summed E-state index contributed by atoms with van der Waals surface area (Å²) in [6.45, 7) is 4.11. The molecular weight excluding hydrogens is 510 g/mol. The Morgan fingerprint density at radius 2 is 1.69 bits per heavy atom. The Hall–Kier alpha value is -3.65. The Morgan fingerprint density at radius 3 is 2.31 bits per heavy atom. The van der Waals surface area contributed by atoms with Crippen LogP contribution in [-0.2, 0) is 11.4 Å². The predicted octanol–water partition coefficient (Wildman–Crippen LogP) is 4.94. The first-order valence-electron chi connectivity index (χ1n) is 11.1. The molecule has 0 aromatic heterocycles. The molecule has 0 aliphatic heterocycles. The molecule has 0 saturated carbocycles. The number of amides is 2. The molecule has 1 atom stereocenters. The van der Waals surface area contributed by atoms with Crippen LogP contribution in [0.1, 0.15) is 35.3 Å². The van der Waals surface area contributed by atoms with Crippen molar-refractivity contribution in [3.63, 3.8) is 0 Å². The van der Waals surface area contributed by atoms with E-state index in [2.05, 4.69) is 31.8 Å². The third-order valence-electron chi connectivity index (χ3n) is 5.14. The maximum Gasteiger partial charge on any atom is 0.262 e. The average Bonchev–Trinajstić information content (AvgIpc) is 2.87. The lowest BCUT2D eigenvalue weighted by molar-refractivity contribution is -0.123. The van der Waals surface area contributed by atoms with Crippen molar-refractivity contribution in [3.8, 4) is 11.5 Å². The van der Waals surface area contributed by atoms with E-state index in [0.29, 0.717) is 33.7 Å². The minimum absolute atomic E-state index is 0.131. The van der Waals surface area contributed by atoms with Crippen LogP contribution in [0.2, 0.25) is 0 Å². The number of ether oxygens (including phenoxy) is 2. The van der Waals surface area contributed by atoms with Crippen LogP contribution in [0.5, 0.6) is 11.5 Å². The Kier molecular flexibility index (Phi) is 9.43. The Labute approximate surface area is 213 Å². The minimum Gasteiger partial charge on any atom is -0.493 e. The second kappa shape index (κ2) is 12.7. The third-order valence-corrected chi connectivity index (χ3v) is 5.73. The van der Waals surface area contributed by atoms with Crippen molar-refractivity contribution in [2.24, 2.45) is 11.0 Å². The number of halogens is 1. The summed E-state index contributed by atoms with van der Waals surface area (Å²) >= 11 is 3.52. The molecule has 0 bridgehead atoms. The monoisotopic (exact) mass is 537 g/mol. The van der Waals surface area contributed by atoms with Gasteiger partial charge in [0, 0.05) is 5.56 Å². The van der Waals surface area contributed by atoms with Gasteiger partial charge in [0.05, 0.1) is 17.8 Å². The van der Waals surface area contributed by atoms with Gasteiger partial charge in [-0.2, -0.15) is 5.10 Å². The topological polar surface area (TPSA) is 89.0 Å². The van der Waals surface area contributed by atoms with Gasteiger partial charge in [0.2, 0.25) is 0 Å². The molecule has 3 aromatic rings. The van der Waals surface area contributed by atoms with Crippen LogP contribution >= 0.6 is 15.9 Å². The molecule has 0 heterocycles. The van der Waals surface area contributed by atoms with Crippen molar-refractivity contribution in [3.05, 3.63) is 94.0 Å². The summed E-state index contributed by atoms with van der Waals surface area (Å²) in [6, 6.07) is 21.4. The van der Waals surface area contributed by atoms with Gasteiger partial charge in [-0.25, -0.2) is 5.43 Å². The highest BCUT2D eigenvalue weighted by atomic mass is 79.9. The van der Waals surface area contributed by atoms with Gasteiger partial charge >= 0.3 is 0 Å². The number of hydrogen-bond donors (Lipinski definition) is 2. The summed E-state index contributed by atoms with van der Waals surface area (Å²) in [5, 5.41) is 6.85. The summed E-state index contributed by atoms with van der Waals surface area (Å²) in [7, 11) is 1.56. The first kappa shape index (κ1) is 26.0. The van der Waals surface area contributed by atoms with Crippen LogP contribution in [0.4, 0.5) is 0 Å². The average molecular weight is 538 g/mol. The molecule has 2 N–H and O–H groups in total. The molecule has 3 rings (SSSR count). The fourth-order valence-corrected chi connectivity index (χ4v) is 3.85. The predicted molar refractivity (Wildman–Crippen MR) is 140 cm³/mol. The van der Waals surface area contributed by atoms with E-state index in [1.54, 1.807) is 37.4 Å². The van der Waals surface area contributed by atoms with E-state index in [-0.39, 0.29) is 11.8 Å². The summed E-state index contributed by atoms with van der Waals surface area (Å²) in [6.07, 6.45) is 1.50. The quantitative estimate of drug-likeness (QED) is 0.283. The number of rotatable bonds is 10. The number of hydrogen-bond acceptors (Lipinski definition) is 5. The summed E-state index contributed by atoms with van der Waals surface area (Å²) in [5.74, 6) is 0.241. The molecule has 35 heavy (non-hydrogen) atoms. The smallest absolute Gasteiger partial charge is 0.262 e. The maximum absolute atomic E-state index is 12.7. The van der Waals surface area contributed by atoms with Gasteiger partial charge in [0.1, 0.15) is 12.6 Å². The van der Waals surface area contributed by atoms with Gasteiger partial charge in [-0.15, -0.1) is 0 Å². The summed E-state index contributed by atoms with van der Waals surface area (Å²) in [4.78, 5) is 25.2. The van der Waals surface area contributed by atoms with Gasteiger partial charge in [0.25, 0.3) is 11.8 Å². The zero-order valence-corrected chi connectivity index (χ0v) is 21.4. The Bertz CT molecular complexity index is 1170. The molecule has 8 heteroatoms. The van der Waals surface area contributed by atoms with Gasteiger partial charge in [-0.05, 0) is 57.2 Å². The highest BCUT2D eigenvalue weighted by Crippen LogP contribution is 2.36. The lowest BCUT2D eigenvalue weighted by Gasteiger charge is -2.20. The molecule has 2 amide bonds. The second-order valence-corrected chi connectivity index (χ2v) is 8.96. The molecule has 182 valence electrons. The van der Waals surface area contributed by atoms with Gasteiger partial charge < -0.3 is 14.8 Å². The number of carbonyl (C=O) groups is 2. The van der Waals surface area contributed by atoms with Crippen LogP contribution in [0.15, 0.2) is 82.4 Å². The van der Waals surface area contributed by atoms with E-state index in [1.165, 1.54) is 6.21 Å². The molecule has 0 saturated heterocycles. The lowest BCUT2D eigenvalue weighted by atomic mass is 10.0. The van der Waals surface area contributed by atoms with Gasteiger partial charge in [-0.3, -0.25) is 9.59 Å². The summed E-state index contributed by atoms with van der Waals surface area (Å²) < 4.78 is 12.1. The number of benzene rings is 3. The van der Waals surface area contributed by atoms with E-state index >= 15 is 0 Å². The molecule has 0 aliphatic rings. The van der Waals surface area contributed by atoms with E-state index in [1.807, 2.05) is 56.3 Å². The van der Waals surface area contributed by atoms with Crippen LogP contribution in [-0.4, -0.2) is 31.2 Å². The standard InChI is InChI=1S/C27H28BrN3O4/c1-18(2)24(30-26(32)21-12-8-5-9-13-21)27(33)31-29-16-20-14-22(28)25(23(15-20)34-3)35-17-19-10-6-4-7-11-19/h4-16,18,24H,17H2,1-3H3,(H,30,32)(H,31,33). The molecular formula is C27H28BrN3O4. The minimum atomic E-state index is -0.741. The van der Waals surface area contributed by atoms with Crippen molar-refractivity contribution in [1.29, 1.82) is 0 Å².